The molecular formula is C17H35NO2. The smallest absolute Gasteiger partial charge is 0.0894 e. The van der Waals surface area contributed by atoms with Crippen molar-refractivity contribution in [3.63, 3.8) is 0 Å². The molecule has 120 valence electrons. The molecule has 2 atom stereocenters. The summed E-state index contributed by atoms with van der Waals surface area (Å²) in [5.74, 6) is 0. The van der Waals surface area contributed by atoms with Crippen molar-refractivity contribution in [1.82, 2.24) is 0 Å². The normalized spacial score (nSPS) is 14.8. The molecule has 0 aromatic heterocycles. The summed E-state index contributed by atoms with van der Waals surface area (Å²) < 4.78 is 0. The van der Waals surface area contributed by atoms with Crippen LogP contribution in [0.4, 0.5) is 0 Å². The van der Waals surface area contributed by atoms with Gasteiger partial charge < -0.3 is 15.9 Å². The average molecular weight is 285 g/mol. The number of hydrogen-bond acceptors (Lipinski definition) is 3. The first kappa shape index (κ1) is 19.6. The molecule has 0 rings (SSSR count). The number of rotatable bonds is 14. The summed E-state index contributed by atoms with van der Waals surface area (Å²) in [7, 11) is 0. The van der Waals surface area contributed by atoms with Crippen molar-refractivity contribution in [3.05, 3.63) is 12.2 Å². The fraction of sp³-hybridized carbons (Fsp3) is 0.882. The maximum atomic E-state index is 9.51. The number of aliphatic hydroxyl groups is 2. The lowest BCUT2D eigenvalue weighted by molar-refractivity contribution is 0.144. The van der Waals surface area contributed by atoms with Crippen LogP contribution in [0.3, 0.4) is 0 Å². The van der Waals surface area contributed by atoms with Gasteiger partial charge in [-0.05, 0) is 12.8 Å². The molecule has 0 aliphatic carbocycles. The van der Waals surface area contributed by atoms with Gasteiger partial charge in [0.2, 0.25) is 0 Å². The molecule has 0 bridgehead atoms. The van der Waals surface area contributed by atoms with Crippen LogP contribution in [0.1, 0.15) is 77.6 Å². The molecule has 20 heavy (non-hydrogen) atoms. The van der Waals surface area contributed by atoms with Gasteiger partial charge in [-0.25, -0.2) is 0 Å². The van der Waals surface area contributed by atoms with Crippen LogP contribution in [-0.4, -0.2) is 29.0 Å². The lowest BCUT2D eigenvalue weighted by Gasteiger charge is -2.11. The summed E-state index contributed by atoms with van der Waals surface area (Å²) in [4.78, 5) is 0. The number of allylic oxidation sites excluding steroid dienone is 1. The van der Waals surface area contributed by atoms with E-state index in [4.69, 9.17) is 10.8 Å². The highest BCUT2D eigenvalue weighted by molar-refractivity contribution is 4.93. The fourth-order valence-corrected chi connectivity index (χ4v) is 2.24. The summed E-state index contributed by atoms with van der Waals surface area (Å²) in [5.41, 5.74) is 5.50. The van der Waals surface area contributed by atoms with Crippen LogP contribution >= 0.6 is 0 Å². The second kappa shape index (κ2) is 15.0. The lowest BCUT2D eigenvalue weighted by Crippen LogP contribution is -2.36. The SMILES string of the molecule is CCCCCCCCCCCC/C=C/[C@@H](O)[C@H](N)CO. The molecule has 0 heterocycles. The maximum Gasteiger partial charge on any atom is 0.0894 e. The Morgan fingerprint density at radius 3 is 1.90 bits per heavy atom. The van der Waals surface area contributed by atoms with Gasteiger partial charge in [0, 0.05) is 0 Å². The highest BCUT2D eigenvalue weighted by Crippen LogP contribution is 2.11. The van der Waals surface area contributed by atoms with Crippen molar-refractivity contribution in [3.8, 4) is 0 Å². The topological polar surface area (TPSA) is 66.5 Å². The monoisotopic (exact) mass is 285 g/mol. The highest BCUT2D eigenvalue weighted by Gasteiger charge is 2.08. The maximum absolute atomic E-state index is 9.51. The summed E-state index contributed by atoms with van der Waals surface area (Å²) >= 11 is 0. The first-order chi connectivity index (χ1) is 9.72. The zero-order chi connectivity index (χ0) is 15.1. The van der Waals surface area contributed by atoms with Gasteiger partial charge in [-0.2, -0.15) is 0 Å². The number of nitrogens with two attached hydrogens (primary N) is 1. The van der Waals surface area contributed by atoms with Crippen LogP contribution in [0.15, 0.2) is 12.2 Å². The Bertz CT molecular complexity index is 219. The van der Waals surface area contributed by atoms with E-state index in [2.05, 4.69) is 6.92 Å². The third-order valence-corrected chi connectivity index (χ3v) is 3.71. The molecule has 0 aliphatic rings. The predicted octanol–water partition coefficient (Wildman–Crippen LogP) is 3.53. The molecule has 3 heteroatoms. The van der Waals surface area contributed by atoms with Gasteiger partial charge in [-0.1, -0.05) is 76.9 Å². The first-order valence-corrected chi connectivity index (χ1v) is 8.43. The number of unbranched alkanes of at least 4 members (excludes halogenated alkanes) is 10. The van der Waals surface area contributed by atoms with Crippen molar-refractivity contribution in [2.24, 2.45) is 5.73 Å². The van der Waals surface area contributed by atoms with E-state index in [1.807, 2.05) is 6.08 Å². The Morgan fingerprint density at radius 2 is 1.40 bits per heavy atom. The molecule has 3 nitrogen and oxygen atoms in total. The Hall–Kier alpha value is -0.380. The summed E-state index contributed by atoms with van der Waals surface area (Å²) in [6, 6.07) is -0.557. The van der Waals surface area contributed by atoms with Crippen LogP contribution in [0.5, 0.6) is 0 Å². The van der Waals surface area contributed by atoms with Gasteiger partial charge in [0.15, 0.2) is 0 Å². The lowest BCUT2D eigenvalue weighted by atomic mass is 10.1. The predicted molar refractivity (Wildman–Crippen MR) is 86.7 cm³/mol. The van der Waals surface area contributed by atoms with Gasteiger partial charge in [0.1, 0.15) is 0 Å². The highest BCUT2D eigenvalue weighted by atomic mass is 16.3. The van der Waals surface area contributed by atoms with Gasteiger partial charge in [-0.15, -0.1) is 0 Å². The Morgan fingerprint density at radius 1 is 0.900 bits per heavy atom. The number of aliphatic hydroxyl groups excluding tert-OH is 2. The standard InChI is InChI=1S/C17H35NO2/c1-2-3-4-5-6-7-8-9-10-11-12-13-14-17(20)16(18)15-19/h13-14,16-17,19-20H,2-12,15,18H2,1H3/b14-13+/t16-,17-/m1/s1. The van der Waals surface area contributed by atoms with Gasteiger partial charge in [0.25, 0.3) is 0 Å². The van der Waals surface area contributed by atoms with E-state index in [1.165, 1.54) is 64.2 Å². The minimum absolute atomic E-state index is 0.177. The van der Waals surface area contributed by atoms with Crippen molar-refractivity contribution < 1.29 is 10.2 Å². The van der Waals surface area contributed by atoms with Crippen LogP contribution in [0, 0.1) is 0 Å². The number of hydrogen-bond donors (Lipinski definition) is 3. The second-order valence-electron chi connectivity index (χ2n) is 5.74. The molecule has 0 aromatic carbocycles. The van der Waals surface area contributed by atoms with Gasteiger partial charge in [-0.3, -0.25) is 0 Å². The Kier molecular flexibility index (Phi) is 14.7. The van der Waals surface area contributed by atoms with Gasteiger partial charge in [0.05, 0.1) is 18.8 Å². The Balaban J connectivity index is 3.22. The molecular weight excluding hydrogens is 250 g/mol. The minimum atomic E-state index is -0.719. The van der Waals surface area contributed by atoms with E-state index in [0.29, 0.717) is 0 Å². The van der Waals surface area contributed by atoms with Crippen LogP contribution < -0.4 is 5.73 Å². The largest absolute Gasteiger partial charge is 0.395 e. The molecule has 0 amide bonds. The van der Waals surface area contributed by atoms with E-state index < -0.39 is 12.1 Å². The van der Waals surface area contributed by atoms with E-state index >= 15 is 0 Å². The molecule has 0 aromatic rings. The van der Waals surface area contributed by atoms with Crippen molar-refractivity contribution >= 4 is 0 Å². The molecule has 0 unspecified atom stereocenters. The zero-order valence-corrected chi connectivity index (χ0v) is 13.3. The second-order valence-corrected chi connectivity index (χ2v) is 5.74. The molecule has 0 saturated heterocycles. The first-order valence-electron chi connectivity index (χ1n) is 8.43. The summed E-state index contributed by atoms with van der Waals surface area (Å²) in [6.07, 6.45) is 17.4. The molecule has 0 spiro atoms. The molecule has 0 radical (unpaired) electrons. The van der Waals surface area contributed by atoms with Crippen molar-refractivity contribution in [1.29, 1.82) is 0 Å². The third kappa shape index (κ3) is 12.6. The van der Waals surface area contributed by atoms with Crippen LogP contribution in [0.2, 0.25) is 0 Å². The van der Waals surface area contributed by atoms with E-state index in [-0.39, 0.29) is 6.61 Å². The fourth-order valence-electron chi connectivity index (χ4n) is 2.24. The Labute approximate surface area is 125 Å². The zero-order valence-electron chi connectivity index (χ0n) is 13.3. The van der Waals surface area contributed by atoms with Crippen molar-refractivity contribution in [2.75, 3.05) is 6.61 Å². The van der Waals surface area contributed by atoms with Gasteiger partial charge >= 0.3 is 0 Å². The third-order valence-electron chi connectivity index (χ3n) is 3.71. The van der Waals surface area contributed by atoms with Crippen molar-refractivity contribution in [2.45, 2.75) is 89.7 Å². The quantitative estimate of drug-likeness (QED) is 0.338. The van der Waals surface area contributed by atoms with Crippen LogP contribution in [-0.2, 0) is 0 Å². The minimum Gasteiger partial charge on any atom is -0.395 e. The summed E-state index contributed by atoms with van der Waals surface area (Å²) in [6.45, 7) is 2.08. The molecule has 0 saturated carbocycles. The molecule has 4 N–H and O–H groups in total. The average Bonchev–Trinajstić information content (AvgIpc) is 2.47. The molecule has 0 aliphatic heterocycles. The summed E-state index contributed by atoms with van der Waals surface area (Å²) in [5, 5.41) is 18.3. The van der Waals surface area contributed by atoms with E-state index in [9.17, 15) is 5.11 Å². The van der Waals surface area contributed by atoms with Crippen LogP contribution in [0.25, 0.3) is 0 Å². The molecule has 0 fully saturated rings. The van der Waals surface area contributed by atoms with E-state index in [0.717, 1.165) is 6.42 Å². The van der Waals surface area contributed by atoms with E-state index in [1.54, 1.807) is 6.08 Å².